The van der Waals surface area contributed by atoms with Crippen LogP contribution in [0.15, 0.2) is 18.2 Å². The van der Waals surface area contributed by atoms with Crippen LogP contribution in [0.1, 0.15) is 37.3 Å². The zero-order valence-electron chi connectivity index (χ0n) is 11.1. The summed E-state index contributed by atoms with van der Waals surface area (Å²) in [7, 11) is 2.07. The highest BCUT2D eigenvalue weighted by Gasteiger charge is 2.11. The van der Waals surface area contributed by atoms with Crippen molar-refractivity contribution in [2.75, 3.05) is 18.5 Å². The minimum absolute atomic E-state index is 0.144. The van der Waals surface area contributed by atoms with E-state index in [4.69, 9.17) is 11.1 Å². The molecule has 1 aromatic carbocycles. The van der Waals surface area contributed by atoms with Crippen LogP contribution in [0.25, 0.3) is 0 Å². The highest BCUT2D eigenvalue weighted by atomic mass is 15.1. The molecular weight excluding hydrogens is 210 g/mol. The summed E-state index contributed by atoms with van der Waals surface area (Å²) in [4.78, 5) is 2.21. The number of aryl methyl sites for hydroxylation is 1. The quantitative estimate of drug-likeness (QED) is 0.451. The van der Waals surface area contributed by atoms with E-state index in [9.17, 15) is 0 Å². The largest absolute Gasteiger partial charge is 0.384 e. The monoisotopic (exact) mass is 233 g/mol. The number of unbranched alkanes of at least 4 members (excludes halogenated alkanes) is 2. The molecule has 0 bridgehead atoms. The van der Waals surface area contributed by atoms with E-state index >= 15 is 0 Å². The smallest absolute Gasteiger partial charge is 0.124 e. The number of nitrogens with two attached hydrogens (primary N) is 1. The number of benzene rings is 1. The number of nitrogens with one attached hydrogen (secondary N) is 1. The first kappa shape index (κ1) is 13.6. The second-order valence-electron chi connectivity index (χ2n) is 4.51. The second kappa shape index (κ2) is 6.28. The molecule has 3 heteroatoms. The summed E-state index contributed by atoms with van der Waals surface area (Å²) in [5.74, 6) is 0.144. The van der Waals surface area contributed by atoms with Crippen LogP contribution in [-0.2, 0) is 0 Å². The Kier molecular flexibility index (Phi) is 5.01. The fraction of sp³-hybridized carbons (Fsp3) is 0.500. The van der Waals surface area contributed by atoms with Gasteiger partial charge in [0.15, 0.2) is 0 Å². The molecule has 3 N–H and O–H groups in total. The molecule has 0 radical (unpaired) electrons. The number of anilines is 1. The van der Waals surface area contributed by atoms with Gasteiger partial charge in [-0.25, -0.2) is 0 Å². The number of nitrogens with zero attached hydrogens (tertiary/aromatic N) is 1. The van der Waals surface area contributed by atoms with Gasteiger partial charge in [0.25, 0.3) is 0 Å². The van der Waals surface area contributed by atoms with Gasteiger partial charge in [-0.05, 0) is 25.0 Å². The van der Waals surface area contributed by atoms with Crippen molar-refractivity contribution in [2.45, 2.75) is 33.1 Å². The minimum atomic E-state index is 0.144. The van der Waals surface area contributed by atoms with E-state index in [1.54, 1.807) is 0 Å². The predicted molar refractivity (Wildman–Crippen MR) is 75.0 cm³/mol. The van der Waals surface area contributed by atoms with Crippen molar-refractivity contribution in [1.29, 1.82) is 5.41 Å². The molecule has 17 heavy (non-hydrogen) atoms. The molecule has 94 valence electrons. The van der Waals surface area contributed by atoms with E-state index in [1.807, 2.05) is 12.1 Å². The molecule has 0 atom stereocenters. The first-order valence-corrected chi connectivity index (χ1v) is 6.23. The van der Waals surface area contributed by atoms with E-state index < -0.39 is 0 Å². The van der Waals surface area contributed by atoms with Gasteiger partial charge < -0.3 is 10.6 Å². The highest BCUT2D eigenvalue weighted by molar-refractivity contribution is 6.01. The summed E-state index contributed by atoms with van der Waals surface area (Å²) in [6.45, 7) is 5.28. The third-order valence-electron chi connectivity index (χ3n) is 3.01. The van der Waals surface area contributed by atoms with Crippen molar-refractivity contribution >= 4 is 11.5 Å². The maximum Gasteiger partial charge on any atom is 0.124 e. The molecule has 0 saturated heterocycles. The Bertz CT molecular complexity index is 385. The highest BCUT2D eigenvalue weighted by Crippen LogP contribution is 2.24. The summed E-state index contributed by atoms with van der Waals surface area (Å²) in [6, 6.07) is 5.94. The van der Waals surface area contributed by atoms with Gasteiger partial charge in [0.1, 0.15) is 5.84 Å². The summed E-state index contributed by atoms with van der Waals surface area (Å²) < 4.78 is 0. The maximum absolute atomic E-state index is 7.63. The summed E-state index contributed by atoms with van der Waals surface area (Å²) in [5.41, 5.74) is 8.74. The van der Waals surface area contributed by atoms with Crippen LogP contribution >= 0.6 is 0 Å². The van der Waals surface area contributed by atoms with Crippen molar-refractivity contribution in [3.05, 3.63) is 29.3 Å². The molecule has 0 fully saturated rings. The number of hydrogen-bond acceptors (Lipinski definition) is 2. The van der Waals surface area contributed by atoms with E-state index in [0.717, 1.165) is 17.8 Å². The standard InChI is InChI=1S/C14H23N3/c1-4-5-6-10-17(3)13-11(2)8-7-9-12(13)14(15)16/h7-9H,4-6,10H2,1-3H3,(H3,15,16). The van der Waals surface area contributed by atoms with E-state index in [-0.39, 0.29) is 5.84 Å². The van der Waals surface area contributed by atoms with Gasteiger partial charge >= 0.3 is 0 Å². The Balaban J connectivity index is 2.90. The molecule has 0 unspecified atom stereocenters. The lowest BCUT2D eigenvalue weighted by molar-refractivity contribution is 0.704. The van der Waals surface area contributed by atoms with E-state index in [2.05, 4.69) is 31.9 Å². The van der Waals surface area contributed by atoms with Gasteiger partial charge in [-0.2, -0.15) is 0 Å². The fourth-order valence-electron chi connectivity index (χ4n) is 2.09. The van der Waals surface area contributed by atoms with Gasteiger partial charge in [-0.1, -0.05) is 31.9 Å². The Morgan fingerprint density at radius 2 is 2.06 bits per heavy atom. The molecule has 0 aliphatic carbocycles. The lowest BCUT2D eigenvalue weighted by atomic mass is 10.1. The van der Waals surface area contributed by atoms with Crippen molar-refractivity contribution in [2.24, 2.45) is 5.73 Å². The van der Waals surface area contributed by atoms with Gasteiger partial charge in [-0.15, -0.1) is 0 Å². The molecule has 0 aromatic heterocycles. The molecule has 0 heterocycles. The SMILES string of the molecule is CCCCCN(C)c1c(C)cccc1C(=N)N. The molecule has 0 spiro atoms. The Hall–Kier alpha value is -1.51. The van der Waals surface area contributed by atoms with Gasteiger partial charge in [-0.3, -0.25) is 5.41 Å². The van der Waals surface area contributed by atoms with Crippen LogP contribution < -0.4 is 10.6 Å². The van der Waals surface area contributed by atoms with E-state index in [1.165, 1.54) is 24.8 Å². The average Bonchev–Trinajstić information content (AvgIpc) is 2.28. The van der Waals surface area contributed by atoms with Crippen molar-refractivity contribution in [1.82, 2.24) is 0 Å². The lowest BCUT2D eigenvalue weighted by Gasteiger charge is -2.24. The number of para-hydroxylation sites is 1. The summed E-state index contributed by atoms with van der Waals surface area (Å²) in [6.07, 6.45) is 3.64. The van der Waals surface area contributed by atoms with Gasteiger partial charge in [0.2, 0.25) is 0 Å². The molecular formula is C14H23N3. The number of amidine groups is 1. The second-order valence-corrected chi connectivity index (χ2v) is 4.51. The maximum atomic E-state index is 7.63. The van der Waals surface area contributed by atoms with Crippen LogP contribution in [0.2, 0.25) is 0 Å². The van der Waals surface area contributed by atoms with Crippen molar-refractivity contribution in [3.8, 4) is 0 Å². The van der Waals surface area contributed by atoms with Crippen LogP contribution in [0.4, 0.5) is 5.69 Å². The lowest BCUT2D eigenvalue weighted by Crippen LogP contribution is -2.24. The molecule has 0 aliphatic rings. The number of nitrogen functional groups attached to an aromatic ring is 1. The Morgan fingerprint density at radius 3 is 2.65 bits per heavy atom. The number of rotatable bonds is 6. The van der Waals surface area contributed by atoms with Crippen LogP contribution in [0.3, 0.4) is 0 Å². The zero-order valence-corrected chi connectivity index (χ0v) is 11.1. The van der Waals surface area contributed by atoms with Gasteiger partial charge in [0.05, 0.1) is 5.69 Å². The average molecular weight is 233 g/mol. The topological polar surface area (TPSA) is 53.1 Å². The molecule has 1 aromatic rings. The fourth-order valence-corrected chi connectivity index (χ4v) is 2.09. The molecule has 0 amide bonds. The Morgan fingerprint density at radius 1 is 1.35 bits per heavy atom. The van der Waals surface area contributed by atoms with Crippen LogP contribution in [0, 0.1) is 12.3 Å². The molecule has 3 nitrogen and oxygen atoms in total. The van der Waals surface area contributed by atoms with Crippen molar-refractivity contribution in [3.63, 3.8) is 0 Å². The number of hydrogen-bond donors (Lipinski definition) is 2. The van der Waals surface area contributed by atoms with Crippen molar-refractivity contribution < 1.29 is 0 Å². The first-order valence-electron chi connectivity index (χ1n) is 6.23. The normalized spacial score (nSPS) is 10.3. The van der Waals surface area contributed by atoms with E-state index in [0.29, 0.717) is 0 Å². The van der Waals surface area contributed by atoms with Crippen LogP contribution in [-0.4, -0.2) is 19.4 Å². The minimum Gasteiger partial charge on any atom is -0.384 e. The van der Waals surface area contributed by atoms with Crippen LogP contribution in [0.5, 0.6) is 0 Å². The predicted octanol–water partition coefficient (Wildman–Crippen LogP) is 2.91. The summed E-state index contributed by atoms with van der Waals surface area (Å²) in [5, 5.41) is 7.63. The Labute approximate surface area is 104 Å². The van der Waals surface area contributed by atoms with Gasteiger partial charge in [0, 0.05) is 19.2 Å². The molecule has 0 aliphatic heterocycles. The molecule has 0 saturated carbocycles. The first-order chi connectivity index (χ1) is 8.07. The molecule has 1 rings (SSSR count). The summed E-state index contributed by atoms with van der Waals surface area (Å²) >= 11 is 0. The third kappa shape index (κ3) is 3.48. The zero-order chi connectivity index (χ0) is 12.8. The third-order valence-corrected chi connectivity index (χ3v) is 3.01.